The molecule has 2 unspecified atom stereocenters. The molecule has 1 heterocycles. The van der Waals surface area contributed by atoms with Crippen LogP contribution in [0.2, 0.25) is 0 Å². The van der Waals surface area contributed by atoms with Crippen LogP contribution >= 0.6 is 11.3 Å². The third kappa shape index (κ3) is 4.41. The van der Waals surface area contributed by atoms with Crippen molar-refractivity contribution in [3.8, 4) is 0 Å². The lowest BCUT2D eigenvalue weighted by atomic mass is 10.3. The molecule has 3 heteroatoms. The van der Waals surface area contributed by atoms with E-state index in [1.54, 1.807) is 0 Å². The van der Waals surface area contributed by atoms with Crippen molar-refractivity contribution in [1.29, 1.82) is 0 Å². The van der Waals surface area contributed by atoms with Crippen LogP contribution in [0.25, 0.3) is 0 Å². The fourth-order valence-electron chi connectivity index (χ4n) is 2.21. The van der Waals surface area contributed by atoms with Crippen LogP contribution in [0.1, 0.15) is 23.1 Å². The maximum Gasteiger partial charge on any atom is 0.0300 e. The molecule has 0 aromatic carbocycles. The van der Waals surface area contributed by atoms with Crippen LogP contribution in [0.15, 0.2) is 12.1 Å². The molecule has 1 aliphatic carbocycles. The van der Waals surface area contributed by atoms with Crippen molar-refractivity contribution in [3.05, 3.63) is 21.9 Å². The maximum absolute atomic E-state index is 3.52. The largest absolute Gasteiger partial charge is 0.311 e. The van der Waals surface area contributed by atoms with E-state index in [4.69, 9.17) is 0 Å². The first kappa shape index (κ1) is 13.1. The minimum atomic E-state index is 0.972. The first-order chi connectivity index (χ1) is 8.15. The van der Waals surface area contributed by atoms with E-state index in [9.17, 15) is 0 Å². The molecule has 0 bridgehead atoms. The smallest absolute Gasteiger partial charge is 0.0300 e. The first-order valence-corrected chi connectivity index (χ1v) is 7.41. The Morgan fingerprint density at radius 2 is 2.24 bits per heavy atom. The molecule has 0 aliphatic heterocycles. The summed E-state index contributed by atoms with van der Waals surface area (Å²) in [6, 6.07) is 4.42. The van der Waals surface area contributed by atoms with Crippen LogP contribution in [-0.4, -0.2) is 31.6 Å². The van der Waals surface area contributed by atoms with Gasteiger partial charge in [0.05, 0.1) is 0 Å². The molecule has 1 fully saturated rings. The van der Waals surface area contributed by atoms with E-state index >= 15 is 0 Å². The van der Waals surface area contributed by atoms with Gasteiger partial charge in [0.2, 0.25) is 0 Å². The Hall–Kier alpha value is -0.380. The Morgan fingerprint density at radius 1 is 1.47 bits per heavy atom. The van der Waals surface area contributed by atoms with Crippen LogP contribution in [0.3, 0.4) is 0 Å². The molecule has 17 heavy (non-hydrogen) atoms. The van der Waals surface area contributed by atoms with Gasteiger partial charge in [-0.2, -0.15) is 0 Å². The summed E-state index contributed by atoms with van der Waals surface area (Å²) in [5.74, 6) is 1.94. The van der Waals surface area contributed by atoms with E-state index in [1.807, 2.05) is 11.3 Å². The number of nitrogens with one attached hydrogen (secondary N) is 1. The van der Waals surface area contributed by atoms with E-state index in [1.165, 1.54) is 22.7 Å². The normalized spacial score (nSPS) is 23.3. The molecule has 0 amide bonds. The summed E-state index contributed by atoms with van der Waals surface area (Å²) in [6.07, 6.45) is 1.44. The highest BCUT2D eigenvalue weighted by Crippen LogP contribution is 2.37. The SMILES string of the molecule is Cc1ccc(CNCCN(C)CC2CC2C)s1. The Morgan fingerprint density at radius 3 is 2.82 bits per heavy atom. The topological polar surface area (TPSA) is 15.3 Å². The lowest BCUT2D eigenvalue weighted by Crippen LogP contribution is -2.30. The van der Waals surface area contributed by atoms with Gasteiger partial charge in [-0.3, -0.25) is 0 Å². The fraction of sp³-hybridized carbons (Fsp3) is 0.714. The molecule has 0 spiro atoms. The lowest BCUT2D eigenvalue weighted by Gasteiger charge is -2.16. The zero-order chi connectivity index (χ0) is 12.3. The highest BCUT2D eigenvalue weighted by Gasteiger charge is 2.32. The van der Waals surface area contributed by atoms with Crippen molar-refractivity contribution >= 4 is 11.3 Å². The molecule has 2 atom stereocenters. The second kappa shape index (κ2) is 5.98. The molecule has 1 N–H and O–H groups in total. The van der Waals surface area contributed by atoms with Gasteiger partial charge in [-0.05, 0) is 44.4 Å². The highest BCUT2D eigenvalue weighted by molar-refractivity contribution is 7.11. The van der Waals surface area contributed by atoms with Crippen molar-refractivity contribution in [1.82, 2.24) is 10.2 Å². The molecule has 0 radical (unpaired) electrons. The predicted molar refractivity (Wildman–Crippen MR) is 75.5 cm³/mol. The lowest BCUT2D eigenvalue weighted by molar-refractivity contribution is 0.313. The molecule has 1 aromatic rings. The number of nitrogens with zero attached hydrogens (tertiary/aromatic N) is 1. The van der Waals surface area contributed by atoms with E-state index in [-0.39, 0.29) is 0 Å². The molecular formula is C14H24N2S. The second-order valence-electron chi connectivity index (χ2n) is 5.42. The molecule has 96 valence electrons. The zero-order valence-electron chi connectivity index (χ0n) is 11.2. The summed E-state index contributed by atoms with van der Waals surface area (Å²) in [7, 11) is 2.24. The van der Waals surface area contributed by atoms with Crippen molar-refractivity contribution < 1.29 is 0 Å². The van der Waals surface area contributed by atoms with Crippen LogP contribution in [0.5, 0.6) is 0 Å². The Labute approximate surface area is 109 Å². The Kier molecular flexibility index (Phi) is 4.60. The van der Waals surface area contributed by atoms with Gasteiger partial charge >= 0.3 is 0 Å². The quantitative estimate of drug-likeness (QED) is 0.751. The third-order valence-electron chi connectivity index (χ3n) is 3.59. The first-order valence-electron chi connectivity index (χ1n) is 6.59. The van der Waals surface area contributed by atoms with Gasteiger partial charge in [0.1, 0.15) is 0 Å². The number of aryl methyl sites for hydroxylation is 1. The summed E-state index contributed by atoms with van der Waals surface area (Å²) in [4.78, 5) is 5.31. The molecule has 0 saturated heterocycles. The average Bonchev–Trinajstić information content (AvgIpc) is 2.79. The molecule has 2 nitrogen and oxygen atoms in total. The number of rotatable bonds is 7. The van der Waals surface area contributed by atoms with E-state index in [0.717, 1.165) is 31.5 Å². The Bertz CT molecular complexity index is 348. The molecule has 1 saturated carbocycles. The third-order valence-corrected chi connectivity index (χ3v) is 4.59. The van der Waals surface area contributed by atoms with Gasteiger partial charge in [-0.25, -0.2) is 0 Å². The van der Waals surface area contributed by atoms with Crippen LogP contribution in [0, 0.1) is 18.8 Å². The number of likely N-dealkylation sites (N-methyl/N-ethyl adjacent to an activating group) is 1. The summed E-state index contributed by atoms with van der Waals surface area (Å²) < 4.78 is 0. The van der Waals surface area contributed by atoms with E-state index in [2.05, 4.69) is 43.2 Å². The highest BCUT2D eigenvalue weighted by atomic mass is 32.1. The molecular weight excluding hydrogens is 228 g/mol. The van der Waals surface area contributed by atoms with Gasteiger partial charge < -0.3 is 10.2 Å². The Balaban J connectivity index is 1.53. The molecule has 1 aromatic heterocycles. The standard InChI is InChI=1S/C14H24N2S/c1-11-8-13(11)10-16(3)7-6-15-9-14-5-4-12(2)17-14/h4-5,11,13,15H,6-10H2,1-3H3. The van der Waals surface area contributed by atoms with Crippen molar-refractivity contribution in [2.75, 3.05) is 26.7 Å². The summed E-state index contributed by atoms with van der Waals surface area (Å²) in [5.41, 5.74) is 0. The van der Waals surface area contributed by atoms with Crippen molar-refractivity contribution in [3.63, 3.8) is 0 Å². The summed E-state index contributed by atoms with van der Waals surface area (Å²) in [5, 5.41) is 3.52. The predicted octanol–water partition coefficient (Wildman–Crippen LogP) is 2.73. The average molecular weight is 252 g/mol. The van der Waals surface area contributed by atoms with Gasteiger partial charge in [-0.15, -0.1) is 11.3 Å². The van der Waals surface area contributed by atoms with Crippen LogP contribution < -0.4 is 5.32 Å². The van der Waals surface area contributed by atoms with Crippen molar-refractivity contribution in [2.45, 2.75) is 26.8 Å². The number of hydrogen-bond donors (Lipinski definition) is 1. The summed E-state index contributed by atoms with van der Waals surface area (Å²) in [6.45, 7) is 9.07. The van der Waals surface area contributed by atoms with Gasteiger partial charge in [0.15, 0.2) is 0 Å². The maximum atomic E-state index is 3.52. The van der Waals surface area contributed by atoms with Crippen molar-refractivity contribution in [2.24, 2.45) is 11.8 Å². The van der Waals surface area contributed by atoms with E-state index < -0.39 is 0 Å². The van der Waals surface area contributed by atoms with Gasteiger partial charge in [0, 0.05) is 35.9 Å². The van der Waals surface area contributed by atoms with E-state index in [0.29, 0.717) is 0 Å². The van der Waals surface area contributed by atoms with Gasteiger partial charge in [-0.1, -0.05) is 6.92 Å². The fourth-order valence-corrected chi connectivity index (χ4v) is 3.07. The van der Waals surface area contributed by atoms with Crippen LogP contribution in [0.4, 0.5) is 0 Å². The number of hydrogen-bond acceptors (Lipinski definition) is 3. The zero-order valence-corrected chi connectivity index (χ0v) is 12.0. The van der Waals surface area contributed by atoms with Gasteiger partial charge in [0.25, 0.3) is 0 Å². The minimum absolute atomic E-state index is 0.972. The monoisotopic (exact) mass is 252 g/mol. The second-order valence-corrected chi connectivity index (χ2v) is 6.80. The molecule has 1 aliphatic rings. The molecule has 2 rings (SSSR count). The van der Waals surface area contributed by atoms with Crippen LogP contribution in [-0.2, 0) is 6.54 Å². The summed E-state index contributed by atoms with van der Waals surface area (Å²) >= 11 is 1.89. The minimum Gasteiger partial charge on any atom is -0.311 e. The number of thiophene rings is 1.